The SMILES string of the molecule is O=C1OCCN1c1cccc2c1CCN(c1ccc3nnc(C4CC4)n3n1)C2. The van der Waals surface area contributed by atoms with Gasteiger partial charge in [-0.05, 0) is 48.6 Å². The molecule has 3 aromatic rings. The van der Waals surface area contributed by atoms with Gasteiger partial charge in [-0.25, -0.2) is 4.79 Å². The van der Waals surface area contributed by atoms with Crippen LogP contribution < -0.4 is 9.80 Å². The number of aromatic nitrogens is 4. The van der Waals surface area contributed by atoms with E-state index in [0.29, 0.717) is 19.1 Å². The molecule has 2 aromatic heterocycles. The van der Waals surface area contributed by atoms with Crippen molar-refractivity contribution >= 4 is 23.2 Å². The number of fused-ring (bicyclic) bond motifs is 2. The molecule has 8 heteroatoms. The zero-order chi connectivity index (χ0) is 18.7. The molecule has 0 atom stereocenters. The Hall–Kier alpha value is -3.16. The van der Waals surface area contributed by atoms with E-state index in [1.165, 1.54) is 24.0 Å². The lowest BCUT2D eigenvalue weighted by Gasteiger charge is -2.32. The first-order valence-corrected chi connectivity index (χ1v) is 9.80. The second-order valence-electron chi connectivity index (χ2n) is 7.65. The number of cyclic esters (lactones) is 1. The molecule has 0 unspecified atom stereocenters. The van der Waals surface area contributed by atoms with Crippen molar-refractivity contribution in [1.29, 1.82) is 0 Å². The highest BCUT2D eigenvalue weighted by molar-refractivity contribution is 5.90. The average molecular weight is 376 g/mol. The largest absolute Gasteiger partial charge is 0.447 e. The monoisotopic (exact) mass is 376 g/mol. The van der Waals surface area contributed by atoms with Crippen LogP contribution in [0.1, 0.15) is 35.7 Å². The maximum atomic E-state index is 12.0. The second kappa shape index (κ2) is 5.92. The molecule has 1 saturated heterocycles. The van der Waals surface area contributed by atoms with Crippen LogP contribution in [0.3, 0.4) is 0 Å². The number of hydrogen-bond donors (Lipinski definition) is 0. The van der Waals surface area contributed by atoms with Gasteiger partial charge >= 0.3 is 6.09 Å². The Morgan fingerprint density at radius 3 is 2.82 bits per heavy atom. The van der Waals surface area contributed by atoms with E-state index in [0.717, 1.165) is 42.5 Å². The summed E-state index contributed by atoms with van der Waals surface area (Å²) in [6.07, 6.45) is 2.96. The zero-order valence-corrected chi connectivity index (χ0v) is 15.4. The van der Waals surface area contributed by atoms with Crippen molar-refractivity contribution in [3.63, 3.8) is 0 Å². The summed E-state index contributed by atoms with van der Waals surface area (Å²) >= 11 is 0. The van der Waals surface area contributed by atoms with Gasteiger partial charge in [-0.1, -0.05) is 12.1 Å². The fourth-order valence-corrected chi connectivity index (χ4v) is 4.21. The second-order valence-corrected chi connectivity index (χ2v) is 7.65. The first-order valence-electron chi connectivity index (χ1n) is 9.80. The van der Waals surface area contributed by atoms with Crippen molar-refractivity contribution in [3.8, 4) is 0 Å². The van der Waals surface area contributed by atoms with Crippen molar-refractivity contribution in [3.05, 3.63) is 47.3 Å². The smallest absolute Gasteiger partial charge is 0.414 e. The quantitative estimate of drug-likeness (QED) is 0.699. The summed E-state index contributed by atoms with van der Waals surface area (Å²) < 4.78 is 7.02. The van der Waals surface area contributed by atoms with Gasteiger partial charge in [-0.2, -0.15) is 4.52 Å². The highest BCUT2D eigenvalue weighted by Crippen LogP contribution is 2.39. The maximum Gasteiger partial charge on any atom is 0.414 e. The summed E-state index contributed by atoms with van der Waals surface area (Å²) in [6.45, 7) is 2.70. The summed E-state index contributed by atoms with van der Waals surface area (Å²) in [5.41, 5.74) is 4.26. The van der Waals surface area contributed by atoms with Crippen LogP contribution in [-0.4, -0.2) is 45.6 Å². The number of carbonyl (C=O) groups excluding carboxylic acids is 1. The molecule has 4 heterocycles. The van der Waals surface area contributed by atoms with E-state index in [1.807, 2.05) is 28.8 Å². The van der Waals surface area contributed by atoms with Crippen LogP contribution in [0.15, 0.2) is 30.3 Å². The van der Waals surface area contributed by atoms with Crippen LogP contribution in [0.5, 0.6) is 0 Å². The predicted molar refractivity (Wildman–Crippen MR) is 103 cm³/mol. The van der Waals surface area contributed by atoms with Crippen molar-refractivity contribution in [1.82, 2.24) is 19.8 Å². The van der Waals surface area contributed by atoms with Crippen molar-refractivity contribution in [2.24, 2.45) is 0 Å². The predicted octanol–water partition coefficient (Wildman–Crippen LogP) is 2.52. The van der Waals surface area contributed by atoms with Crippen molar-refractivity contribution in [2.75, 3.05) is 29.5 Å². The van der Waals surface area contributed by atoms with E-state index in [4.69, 9.17) is 9.84 Å². The molecule has 6 rings (SSSR count). The topological polar surface area (TPSA) is 75.9 Å². The maximum absolute atomic E-state index is 12.0. The lowest BCUT2D eigenvalue weighted by atomic mass is 9.97. The third-order valence-corrected chi connectivity index (χ3v) is 5.83. The van der Waals surface area contributed by atoms with E-state index in [2.05, 4.69) is 21.2 Å². The molecule has 1 amide bonds. The molecule has 2 aliphatic heterocycles. The summed E-state index contributed by atoms with van der Waals surface area (Å²) in [5, 5.41) is 13.4. The van der Waals surface area contributed by atoms with E-state index < -0.39 is 0 Å². The molecule has 0 spiro atoms. The molecule has 28 heavy (non-hydrogen) atoms. The minimum Gasteiger partial charge on any atom is -0.447 e. The van der Waals surface area contributed by atoms with Crippen LogP contribution in [0.2, 0.25) is 0 Å². The van der Waals surface area contributed by atoms with E-state index >= 15 is 0 Å². The van der Waals surface area contributed by atoms with Gasteiger partial charge < -0.3 is 9.64 Å². The third-order valence-electron chi connectivity index (χ3n) is 5.83. The zero-order valence-electron chi connectivity index (χ0n) is 15.4. The number of anilines is 2. The molecular weight excluding hydrogens is 356 g/mol. The van der Waals surface area contributed by atoms with Gasteiger partial charge in [0.25, 0.3) is 0 Å². The summed E-state index contributed by atoms with van der Waals surface area (Å²) in [7, 11) is 0. The normalized spacial score (nSPS) is 19.2. The highest BCUT2D eigenvalue weighted by Gasteiger charge is 2.31. The Balaban J connectivity index is 1.33. The van der Waals surface area contributed by atoms with E-state index in [1.54, 1.807) is 4.90 Å². The molecular formula is C20H20N6O2. The molecule has 1 saturated carbocycles. The standard InChI is InChI=1S/C20H20N6O2/c27-20-25(10-11-28-20)16-3-1-2-14-12-24(9-8-15(14)16)18-7-6-17-21-22-19(13-4-5-13)26(17)23-18/h1-3,6-7,13H,4-5,8-12H2. The summed E-state index contributed by atoms with van der Waals surface area (Å²) in [5.74, 6) is 2.41. The molecule has 0 N–H and O–H groups in total. The third kappa shape index (κ3) is 2.44. The minimum atomic E-state index is -0.247. The van der Waals surface area contributed by atoms with Crippen LogP contribution in [-0.2, 0) is 17.7 Å². The van der Waals surface area contributed by atoms with Crippen LogP contribution in [0, 0.1) is 0 Å². The molecule has 0 radical (unpaired) electrons. The number of ether oxygens (including phenoxy) is 1. The molecule has 8 nitrogen and oxygen atoms in total. The fraction of sp³-hybridized carbons (Fsp3) is 0.400. The average Bonchev–Trinajstić information content (AvgIpc) is 3.34. The number of carbonyl (C=O) groups is 1. The molecule has 1 aromatic carbocycles. The van der Waals surface area contributed by atoms with Crippen LogP contribution in [0.25, 0.3) is 5.65 Å². The highest BCUT2D eigenvalue weighted by atomic mass is 16.6. The van der Waals surface area contributed by atoms with Gasteiger partial charge in [-0.3, -0.25) is 4.90 Å². The van der Waals surface area contributed by atoms with Crippen molar-refractivity contribution < 1.29 is 9.53 Å². The lowest BCUT2D eigenvalue weighted by molar-refractivity contribution is 0.181. The minimum absolute atomic E-state index is 0.247. The number of rotatable bonds is 3. The summed E-state index contributed by atoms with van der Waals surface area (Å²) in [6, 6.07) is 10.2. The van der Waals surface area contributed by atoms with Gasteiger partial charge in [-0.15, -0.1) is 15.3 Å². The van der Waals surface area contributed by atoms with Gasteiger partial charge in [0.2, 0.25) is 0 Å². The summed E-state index contributed by atoms with van der Waals surface area (Å²) in [4.78, 5) is 16.0. The van der Waals surface area contributed by atoms with Crippen molar-refractivity contribution in [2.45, 2.75) is 31.7 Å². The number of hydrogen-bond acceptors (Lipinski definition) is 6. The number of benzene rings is 1. The first kappa shape index (κ1) is 15.9. The Morgan fingerprint density at radius 1 is 1.07 bits per heavy atom. The Bertz CT molecular complexity index is 1090. The Morgan fingerprint density at radius 2 is 2.00 bits per heavy atom. The van der Waals surface area contributed by atoms with E-state index in [9.17, 15) is 4.79 Å². The van der Waals surface area contributed by atoms with Crippen LogP contribution >= 0.6 is 0 Å². The number of amides is 1. The fourth-order valence-electron chi connectivity index (χ4n) is 4.21. The van der Waals surface area contributed by atoms with Gasteiger partial charge in [0.15, 0.2) is 11.5 Å². The molecule has 1 aliphatic carbocycles. The molecule has 142 valence electrons. The van der Waals surface area contributed by atoms with Gasteiger partial charge in [0, 0.05) is 19.0 Å². The van der Waals surface area contributed by atoms with Gasteiger partial charge in [0.05, 0.1) is 12.2 Å². The first-order chi connectivity index (χ1) is 13.8. The molecule has 2 fully saturated rings. The molecule has 0 bridgehead atoms. The Kier molecular flexibility index (Phi) is 3.35. The molecule has 3 aliphatic rings. The Labute approximate surface area is 161 Å². The number of nitrogens with zero attached hydrogens (tertiary/aromatic N) is 6. The lowest BCUT2D eigenvalue weighted by Crippen LogP contribution is -2.33. The van der Waals surface area contributed by atoms with E-state index in [-0.39, 0.29) is 6.09 Å². The van der Waals surface area contributed by atoms with Gasteiger partial charge in [0.1, 0.15) is 12.4 Å². The van der Waals surface area contributed by atoms with Crippen LogP contribution in [0.4, 0.5) is 16.3 Å².